The van der Waals surface area contributed by atoms with Gasteiger partial charge in [-0.2, -0.15) is 0 Å². The molecule has 0 aromatic heterocycles. The number of likely N-dealkylation sites (N-methyl/N-ethyl adjacent to an activating group) is 1. The predicted molar refractivity (Wildman–Crippen MR) is 243 cm³/mol. The third-order valence-electron chi connectivity index (χ3n) is 10.2. The lowest BCUT2D eigenvalue weighted by Gasteiger charge is -2.31. The first-order valence-electron chi connectivity index (χ1n) is 23.4. The van der Waals surface area contributed by atoms with Crippen molar-refractivity contribution < 1.29 is 38.2 Å². The first-order valence-corrected chi connectivity index (χ1v) is 23.4. The summed E-state index contributed by atoms with van der Waals surface area (Å²) in [5.74, 6) is -1.50. The first-order chi connectivity index (χ1) is 28.1. The molecule has 1 N–H and O–H groups in total. The van der Waals surface area contributed by atoms with E-state index in [9.17, 15) is 19.5 Å². The number of carboxylic acids is 1. The minimum atomic E-state index is -0.881. The summed E-state index contributed by atoms with van der Waals surface area (Å²) in [7, 11) is 5.52. The molecule has 0 aliphatic carbocycles. The molecule has 0 aromatic carbocycles. The minimum Gasteiger partial charge on any atom is -0.477 e. The van der Waals surface area contributed by atoms with Crippen LogP contribution in [-0.4, -0.2) is 80.6 Å². The van der Waals surface area contributed by atoms with Crippen molar-refractivity contribution in [1.29, 1.82) is 0 Å². The zero-order valence-electron chi connectivity index (χ0n) is 38.0. The molecule has 0 saturated heterocycles. The molecule has 0 fully saturated rings. The number of carbonyl (C=O) groups is 3. The van der Waals surface area contributed by atoms with Crippen molar-refractivity contribution in [2.45, 2.75) is 199 Å². The monoisotopic (exact) mass is 815 g/mol. The van der Waals surface area contributed by atoms with Crippen LogP contribution in [0, 0.1) is 0 Å². The van der Waals surface area contributed by atoms with E-state index in [0.717, 1.165) is 64.2 Å². The van der Waals surface area contributed by atoms with Crippen LogP contribution in [0.15, 0.2) is 60.8 Å². The van der Waals surface area contributed by atoms with Gasteiger partial charge in [-0.25, -0.2) is 4.79 Å². The summed E-state index contributed by atoms with van der Waals surface area (Å²) in [5, 5.41) is 9.63. The van der Waals surface area contributed by atoms with Crippen LogP contribution >= 0.6 is 0 Å². The van der Waals surface area contributed by atoms with Crippen LogP contribution in [0.2, 0.25) is 0 Å². The molecule has 8 nitrogen and oxygen atoms in total. The Labute approximate surface area is 356 Å². The number of hydrogen-bond donors (Lipinski definition) is 1. The maximum absolute atomic E-state index is 12.8. The van der Waals surface area contributed by atoms with E-state index >= 15 is 0 Å². The van der Waals surface area contributed by atoms with Gasteiger partial charge in [0.15, 0.2) is 12.1 Å². The number of quaternary nitrogens is 1. The normalized spacial score (nSPS) is 13.5. The van der Waals surface area contributed by atoms with Crippen LogP contribution in [-0.2, 0) is 28.6 Å². The number of nitrogens with zero attached hydrogens (tertiary/aromatic N) is 1. The molecule has 8 heteroatoms. The molecule has 0 bridgehead atoms. The summed E-state index contributed by atoms with van der Waals surface area (Å²) >= 11 is 0. The largest absolute Gasteiger partial charge is 0.477 e. The molecule has 0 heterocycles. The van der Waals surface area contributed by atoms with Gasteiger partial charge >= 0.3 is 17.9 Å². The Kier molecular flexibility index (Phi) is 38.7. The zero-order chi connectivity index (χ0) is 42.8. The zero-order valence-corrected chi connectivity index (χ0v) is 38.0. The number of carbonyl (C=O) groups excluding carboxylic acids is 2. The fourth-order valence-corrected chi connectivity index (χ4v) is 6.63. The maximum atomic E-state index is 12.8. The van der Waals surface area contributed by atoms with Crippen LogP contribution < -0.4 is 0 Å². The highest BCUT2D eigenvalue weighted by Crippen LogP contribution is 2.14. The number of allylic oxidation sites excluding steroid dienone is 10. The quantitative estimate of drug-likeness (QED) is 0.0216. The molecule has 0 spiro atoms. The molecule has 0 aromatic rings. The summed E-state index contributed by atoms with van der Waals surface area (Å²) in [6.45, 7) is 4.57. The Morgan fingerprint density at radius 3 is 1.48 bits per heavy atom. The van der Waals surface area contributed by atoms with E-state index in [1.807, 2.05) is 45.4 Å². The van der Waals surface area contributed by atoms with Gasteiger partial charge in [0, 0.05) is 19.3 Å². The predicted octanol–water partition coefficient (Wildman–Crippen LogP) is 13.0. The molecule has 2 atom stereocenters. The lowest BCUT2D eigenvalue weighted by atomic mass is 10.1. The maximum Gasteiger partial charge on any atom is 0.362 e. The average molecular weight is 815 g/mol. The highest BCUT2D eigenvalue weighted by molar-refractivity contribution is 5.72. The van der Waals surface area contributed by atoms with Crippen molar-refractivity contribution in [3.8, 4) is 0 Å². The van der Waals surface area contributed by atoms with Gasteiger partial charge in [0.1, 0.15) is 6.61 Å². The SMILES string of the molecule is CC/C=C/C=C/C=C/C=C/CCCCCCCC(=O)OCC(COCCC(C(=O)O)[N+](C)(C)C)OC(=O)CCCCCCCCC/C=C/CCCCCCCCCC. The van der Waals surface area contributed by atoms with E-state index < -0.39 is 18.1 Å². The number of ether oxygens (including phenoxy) is 3. The van der Waals surface area contributed by atoms with Crippen molar-refractivity contribution in [1.82, 2.24) is 0 Å². The van der Waals surface area contributed by atoms with Crippen LogP contribution in [0.3, 0.4) is 0 Å². The van der Waals surface area contributed by atoms with E-state index in [-0.39, 0.29) is 36.2 Å². The Hall–Kier alpha value is -2.97. The second kappa shape index (κ2) is 40.8. The third-order valence-corrected chi connectivity index (χ3v) is 10.2. The second-order valence-corrected chi connectivity index (χ2v) is 16.7. The van der Waals surface area contributed by atoms with E-state index in [2.05, 4.69) is 50.3 Å². The number of carboxylic acid groups (broad SMARTS) is 1. The minimum absolute atomic E-state index is 0.0497. The Balaban J connectivity index is 4.34. The van der Waals surface area contributed by atoms with Gasteiger partial charge in [-0.05, 0) is 57.8 Å². The van der Waals surface area contributed by atoms with Crippen LogP contribution in [0.1, 0.15) is 187 Å². The molecule has 0 aliphatic rings. The van der Waals surface area contributed by atoms with Crippen molar-refractivity contribution in [2.75, 3.05) is 41.0 Å². The lowest BCUT2D eigenvalue weighted by molar-refractivity contribution is -0.887. The average Bonchev–Trinajstić information content (AvgIpc) is 3.18. The van der Waals surface area contributed by atoms with Gasteiger partial charge < -0.3 is 23.8 Å². The van der Waals surface area contributed by atoms with Crippen molar-refractivity contribution in [2.24, 2.45) is 0 Å². The second-order valence-electron chi connectivity index (χ2n) is 16.7. The third kappa shape index (κ3) is 38.5. The summed E-state index contributed by atoms with van der Waals surface area (Å²) in [4.78, 5) is 37.0. The number of rotatable bonds is 41. The van der Waals surface area contributed by atoms with E-state index in [1.165, 1.54) is 89.9 Å². The van der Waals surface area contributed by atoms with Crippen LogP contribution in [0.4, 0.5) is 0 Å². The van der Waals surface area contributed by atoms with Crippen LogP contribution in [0.5, 0.6) is 0 Å². The molecular formula is C50H88NO7+. The molecule has 334 valence electrons. The van der Waals surface area contributed by atoms with Gasteiger partial charge in [-0.15, -0.1) is 0 Å². The van der Waals surface area contributed by atoms with E-state index in [1.54, 1.807) is 0 Å². The lowest BCUT2D eigenvalue weighted by Crippen LogP contribution is -2.50. The smallest absolute Gasteiger partial charge is 0.362 e. The molecule has 58 heavy (non-hydrogen) atoms. The number of esters is 2. The first kappa shape index (κ1) is 55.0. The molecule has 0 amide bonds. The van der Waals surface area contributed by atoms with Crippen LogP contribution in [0.25, 0.3) is 0 Å². The highest BCUT2D eigenvalue weighted by atomic mass is 16.6. The van der Waals surface area contributed by atoms with Gasteiger partial charge in [0.05, 0.1) is 34.4 Å². The summed E-state index contributed by atoms with van der Waals surface area (Å²) < 4.78 is 17.3. The van der Waals surface area contributed by atoms with Gasteiger partial charge in [-0.3, -0.25) is 9.59 Å². The standard InChI is InChI=1S/C50H87NO7/c1-6-8-10-12-14-16-18-20-22-23-24-25-27-29-31-33-35-37-39-41-49(53)58-46(44-56-43-42-47(50(54)55)51(3,4)5)45-57-48(52)40-38-36-34-32-30-28-26-21-19-17-15-13-11-9-7-2/h9,11,13,15,17,19,21,23-24,26,46-47H,6-8,10,12,14,16,18,20,22,25,27-45H2,1-5H3/p+1/b11-9+,15-13+,19-17+,24-23+,26-21+. The molecule has 0 radical (unpaired) electrons. The van der Waals surface area contributed by atoms with Crippen molar-refractivity contribution in [3.05, 3.63) is 60.8 Å². The fraction of sp³-hybridized carbons (Fsp3) is 0.740. The van der Waals surface area contributed by atoms with Crippen molar-refractivity contribution in [3.63, 3.8) is 0 Å². The fourth-order valence-electron chi connectivity index (χ4n) is 6.63. The molecular weight excluding hydrogens is 727 g/mol. The number of aliphatic carboxylic acids is 1. The van der Waals surface area contributed by atoms with Gasteiger partial charge in [0.2, 0.25) is 0 Å². The topological polar surface area (TPSA) is 99.1 Å². The Morgan fingerprint density at radius 2 is 0.983 bits per heavy atom. The number of hydrogen-bond acceptors (Lipinski definition) is 6. The highest BCUT2D eigenvalue weighted by Gasteiger charge is 2.31. The van der Waals surface area contributed by atoms with E-state index in [4.69, 9.17) is 14.2 Å². The molecule has 0 aliphatic heterocycles. The van der Waals surface area contributed by atoms with Gasteiger partial charge in [-0.1, -0.05) is 171 Å². The molecule has 0 saturated carbocycles. The Morgan fingerprint density at radius 1 is 0.534 bits per heavy atom. The summed E-state index contributed by atoms with van der Waals surface area (Å²) in [6.07, 6.45) is 49.8. The summed E-state index contributed by atoms with van der Waals surface area (Å²) in [5.41, 5.74) is 0. The van der Waals surface area contributed by atoms with Crippen molar-refractivity contribution >= 4 is 17.9 Å². The Bertz CT molecular complexity index is 1130. The van der Waals surface area contributed by atoms with Gasteiger partial charge in [0.25, 0.3) is 0 Å². The number of unbranched alkanes of at least 4 members (excludes halogenated alkanes) is 20. The molecule has 0 rings (SSSR count). The molecule has 2 unspecified atom stereocenters. The summed E-state index contributed by atoms with van der Waals surface area (Å²) in [6, 6.07) is -0.621. The van der Waals surface area contributed by atoms with E-state index in [0.29, 0.717) is 19.3 Å².